The summed E-state index contributed by atoms with van der Waals surface area (Å²) < 4.78 is 0. The van der Waals surface area contributed by atoms with Crippen molar-refractivity contribution >= 4 is 17.2 Å². The maximum absolute atomic E-state index is 12.5. The second-order valence-corrected chi connectivity index (χ2v) is 5.83. The molecule has 1 aromatic heterocycles. The lowest BCUT2D eigenvalue weighted by Crippen LogP contribution is -2.44. The molecular weight excluding hydrogens is 270 g/mol. The fourth-order valence-electron chi connectivity index (χ4n) is 2.82. The molecule has 4 heteroatoms. The molecule has 2 heterocycles. The van der Waals surface area contributed by atoms with E-state index in [1.165, 1.54) is 5.56 Å². The minimum absolute atomic E-state index is 0.0693. The molecule has 3 rings (SSSR count). The van der Waals surface area contributed by atoms with Crippen LogP contribution in [0.2, 0.25) is 0 Å². The molecule has 0 bridgehead atoms. The zero-order chi connectivity index (χ0) is 14.2. The summed E-state index contributed by atoms with van der Waals surface area (Å²) in [5.41, 5.74) is 1.40. The number of nitrogens with zero attached hydrogens (tertiary/aromatic N) is 1. The molecule has 1 aliphatic heterocycles. The predicted molar refractivity (Wildman–Crippen MR) is 79.7 cm³/mol. The molecule has 104 valence electrons. The molecule has 0 aliphatic carbocycles. The van der Waals surface area contributed by atoms with Crippen molar-refractivity contribution in [2.45, 2.75) is 25.5 Å². The molecule has 1 N–H and O–H groups in total. The third kappa shape index (κ3) is 1.96. The number of rotatable bonds is 4. The lowest BCUT2D eigenvalue weighted by atomic mass is 9.99. The van der Waals surface area contributed by atoms with E-state index in [9.17, 15) is 9.90 Å². The summed E-state index contributed by atoms with van der Waals surface area (Å²) in [6, 6.07) is 9.41. The van der Waals surface area contributed by atoms with Crippen LogP contribution < -0.4 is 0 Å². The Morgan fingerprint density at radius 3 is 2.80 bits per heavy atom. The van der Waals surface area contributed by atoms with Crippen LogP contribution in [0.4, 0.5) is 0 Å². The van der Waals surface area contributed by atoms with Gasteiger partial charge in [-0.15, -0.1) is 0 Å². The molecule has 0 saturated heterocycles. The number of benzene rings is 1. The molecule has 1 atom stereocenters. The van der Waals surface area contributed by atoms with Crippen molar-refractivity contribution in [1.29, 1.82) is 0 Å². The van der Waals surface area contributed by atoms with Gasteiger partial charge in [-0.3, -0.25) is 4.79 Å². The van der Waals surface area contributed by atoms with Gasteiger partial charge in [-0.2, -0.15) is 11.3 Å². The van der Waals surface area contributed by atoms with E-state index in [0.29, 0.717) is 18.5 Å². The summed E-state index contributed by atoms with van der Waals surface area (Å²) in [7, 11) is 0. The minimum atomic E-state index is -1.16. The van der Waals surface area contributed by atoms with Gasteiger partial charge in [-0.25, -0.2) is 0 Å². The molecule has 0 spiro atoms. The van der Waals surface area contributed by atoms with Crippen LogP contribution in [0.3, 0.4) is 0 Å². The Bertz CT molecular complexity index is 623. The summed E-state index contributed by atoms with van der Waals surface area (Å²) in [6.45, 7) is 2.45. The predicted octanol–water partition coefficient (Wildman–Crippen LogP) is 3.00. The van der Waals surface area contributed by atoms with Gasteiger partial charge in [0.05, 0.1) is 0 Å². The normalized spacial score (nSPS) is 21.3. The fourth-order valence-corrected chi connectivity index (χ4v) is 3.52. The van der Waals surface area contributed by atoms with Crippen molar-refractivity contribution in [1.82, 2.24) is 4.90 Å². The summed E-state index contributed by atoms with van der Waals surface area (Å²) in [5, 5.41) is 15.0. The third-order valence-electron chi connectivity index (χ3n) is 3.98. The highest BCUT2D eigenvalue weighted by Crippen LogP contribution is 2.39. The van der Waals surface area contributed by atoms with E-state index < -0.39 is 5.72 Å². The number of aliphatic hydroxyl groups is 1. The summed E-state index contributed by atoms with van der Waals surface area (Å²) >= 11 is 1.65. The van der Waals surface area contributed by atoms with Crippen LogP contribution in [0.15, 0.2) is 41.1 Å². The van der Waals surface area contributed by atoms with Gasteiger partial charge >= 0.3 is 0 Å². The van der Waals surface area contributed by atoms with Gasteiger partial charge in [0.15, 0.2) is 5.72 Å². The molecule has 3 nitrogen and oxygen atoms in total. The first-order valence-corrected chi connectivity index (χ1v) is 7.76. The quantitative estimate of drug-likeness (QED) is 0.939. The zero-order valence-electron chi connectivity index (χ0n) is 11.4. The number of thiophene rings is 1. The van der Waals surface area contributed by atoms with Gasteiger partial charge in [0.25, 0.3) is 5.91 Å². The number of carbonyl (C=O) groups is 1. The summed E-state index contributed by atoms with van der Waals surface area (Å²) in [6.07, 6.45) is 1.27. The van der Waals surface area contributed by atoms with E-state index in [-0.39, 0.29) is 5.91 Å². The second-order valence-electron chi connectivity index (χ2n) is 5.05. The van der Waals surface area contributed by atoms with Gasteiger partial charge in [-0.05, 0) is 41.3 Å². The molecule has 0 fully saturated rings. The van der Waals surface area contributed by atoms with Crippen LogP contribution in [0.1, 0.15) is 34.8 Å². The number of fused-ring (bicyclic) bond motifs is 1. The molecule has 1 unspecified atom stereocenters. The smallest absolute Gasteiger partial charge is 0.256 e. The lowest BCUT2D eigenvalue weighted by molar-refractivity contribution is -0.0862. The summed E-state index contributed by atoms with van der Waals surface area (Å²) in [4.78, 5) is 14.1. The van der Waals surface area contributed by atoms with E-state index >= 15 is 0 Å². The topological polar surface area (TPSA) is 40.5 Å². The van der Waals surface area contributed by atoms with Crippen LogP contribution in [0.25, 0.3) is 0 Å². The zero-order valence-corrected chi connectivity index (χ0v) is 12.2. The largest absolute Gasteiger partial charge is 0.367 e. The standard InChI is InChI=1S/C16H17NO2S/c1-2-16(19)14-6-4-3-5-13(14)15(18)17(16)9-7-12-8-10-20-11-12/h3-6,8,10-11,19H,2,7,9H2,1H3. The van der Waals surface area contributed by atoms with Crippen LogP contribution in [-0.2, 0) is 12.1 Å². The average molecular weight is 287 g/mol. The highest BCUT2D eigenvalue weighted by atomic mass is 32.1. The van der Waals surface area contributed by atoms with Crippen molar-refractivity contribution < 1.29 is 9.90 Å². The summed E-state index contributed by atoms with van der Waals surface area (Å²) in [5.74, 6) is -0.0693. The minimum Gasteiger partial charge on any atom is -0.367 e. The number of hydrogen-bond donors (Lipinski definition) is 1. The van der Waals surface area contributed by atoms with E-state index in [0.717, 1.165) is 12.0 Å². The van der Waals surface area contributed by atoms with Crippen molar-refractivity contribution in [3.8, 4) is 0 Å². The van der Waals surface area contributed by atoms with E-state index in [2.05, 4.69) is 11.4 Å². The fraction of sp³-hybridized carbons (Fsp3) is 0.312. The van der Waals surface area contributed by atoms with Crippen molar-refractivity contribution in [3.63, 3.8) is 0 Å². The van der Waals surface area contributed by atoms with Gasteiger partial charge in [-0.1, -0.05) is 25.1 Å². The second kappa shape index (κ2) is 5.04. The van der Waals surface area contributed by atoms with Gasteiger partial charge in [0.1, 0.15) is 0 Å². The number of amides is 1. The van der Waals surface area contributed by atoms with Gasteiger partial charge in [0, 0.05) is 17.7 Å². The van der Waals surface area contributed by atoms with Crippen molar-refractivity contribution in [3.05, 3.63) is 57.8 Å². The number of carbonyl (C=O) groups excluding carboxylic acids is 1. The van der Waals surface area contributed by atoms with E-state index in [4.69, 9.17) is 0 Å². The molecule has 1 aliphatic rings. The lowest BCUT2D eigenvalue weighted by Gasteiger charge is -2.33. The Labute approximate surface area is 122 Å². The first-order chi connectivity index (χ1) is 9.66. The molecule has 1 aromatic carbocycles. The molecular formula is C16H17NO2S. The molecule has 1 amide bonds. The maximum atomic E-state index is 12.5. The van der Waals surface area contributed by atoms with Crippen molar-refractivity contribution in [2.75, 3.05) is 6.54 Å². The van der Waals surface area contributed by atoms with Crippen LogP contribution >= 0.6 is 11.3 Å². The Balaban J connectivity index is 1.89. The SMILES string of the molecule is CCC1(O)c2ccccc2C(=O)N1CCc1ccsc1. The van der Waals surface area contributed by atoms with E-state index in [1.54, 1.807) is 22.3 Å². The van der Waals surface area contributed by atoms with Crippen LogP contribution in [0.5, 0.6) is 0 Å². The molecule has 2 aromatic rings. The molecule has 0 saturated carbocycles. The Morgan fingerprint density at radius 2 is 2.10 bits per heavy atom. The third-order valence-corrected chi connectivity index (χ3v) is 4.71. The van der Waals surface area contributed by atoms with E-state index in [1.807, 2.05) is 30.5 Å². The monoisotopic (exact) mass is 287 g/mol. The Morgan fingerprint density at radius 1 is 1.30 bits per heavy atom. The molecule has 20 heavy (non-hydrogen) atoms. The van der Waals surface area contributed by atoms with Crippen molar-refractivity contribution in [2.24, 2.45) is 0 Å². The van der Waals surface area contributed by atoms with Gasteiger partial charge in [0.2, 0.25) is 0 Å². The highest BCUT2D eigenvalue weighted by Gasteiger charge is 2.46. The Kier molecular flexibility index (Phi) is 3.36. The van der Waals surface area contributed by atoms with Crippen LogP contribution in [-0.4, -0.2) is 22.5 Å². The Hall–Kier alpha value is -1.65. The highest BCUT2D eigenvalue weighted by molar-refractivity contribution is 7.07. The first-order valence-electron chi connectivity index (χ1n) is 6.81. The van der Waals surface area contributed by atoms with Crippen LogP contribution in [0, 0.1) is 0 Å². The molecule has 0 radical (unpaired) electrons. The first kappa shape index (κ1) is 13.3. The maximum Gasteiger partial charge on any atom is 0.256 e. The van der Waals surface area contributed by atoms with Gasteiger partial charge < -0.3 is 10.0 Å². The average Bonchev–Trinajstić information content (AvgIpc) is 3.06. The number of hydrogen-bond acceptors (Lipinski definition) is 3.